The van der Waals surface area contributed by atoms with Crippen molar-refractivity contribution in [3.8, 4) is 17.2 Å². The van der Waals surface area contributed by atoms with Gasteiger partial charge in [-0.15, -0.1) is 0 Å². The zero-order valence-corrected chi connectivity index (χ0v) is 18.6. The Morgan fingerprint density at radius 1 is 1.09 bits per heavy atom. The summed E-state index contributed by atoms with van der Waals surface area (Å²) < 4.78 is 16.1. The molecule has 1 heterocycles. The largest absolute Gasteiger partial charge is 0.495 e. The van der Waals surface area contributed by atoms with Crippen molar-refractivity contribution in [1.29, 1.82) is 0 Å². The maximum absolute atomic E-state index is 12.3. The van der Waals surface area contributed by atoms with Crippen molar-refractivity contribution in [2.24, 2.45) is 0 Å². The lowest BCUT2D eigenvalue weighted by Crippen LogP contribution is -2.51. The predicted octanol–water partition coefficient (Wildman–Crippen LogP) is 2.29. The van der Waals surface area contributed by atoms with Crippen LogP contribution >= 0.6 is 23.8 Å². The number of methoxy groups -OCH3 is 2. The summed E-state index contributed by atoms with van der Waals surface area (Å²) in [6.07, 6.45) is 1.33. The van der Waals surface area contributed by atoms with E-state index in [-0.39, 0.29) is 33.8 Å². The first-order valence-corrected chi connectivity index (χ1v) is 9.92. The molecule has 1 aliphatic heterocycles. The second kappa shape index (κ2) is 10.1. The smallest absolute Gasteiger partial charge is 0.263 e. The molecule has 11 heteroatoms. The molecule has 1 aliphatic rings. The molecule has 2 aromatic carbocycles. The molecule has 3 rings (SSSR count). The van der Waals surface area contributed by atoms with Gasteiger partial charge >= 0.3 is 0 Å². The number of para-hydroxylation sites is 2. The SMILES string of the molecule is COc1ccccc1NC(=O)COc1c(Cl)cc(C=C2C(=O)NC(=S)NC2=O)cc1OC. The van der Waals surface area contributed by atoms with Crippen LogP contribution in [-0.2, 0) is 14.4 Å². The van der Waals surface area contributed by atoms with Gasteiger partial charge in [-0.1, -0.05) is 23.7 Å². The monoisotopic (exact) mass is 475 g/mol. The van der Waals surface area contributed by atoms with Crippen LogP contribution in [0, 0.1) is 0 Å². The summed E-state index contributed by atoms with van der Waals surface area (Å²) in [4.78, 5) is 36.4. The molecule has 3 amide bonds. The molecule has 0 unspecified atom stereocenters. The first-order chi connectivity index (χ1) is 15.3. The second-order valence-electron chi connectivity index (χ2n) is 6.37. The van der Waals surface area contributed by atoms with Gasteiger partial charge in [0.25, 0.3) is 17.7 Å². The Morgan fingerprint density at radius 2 is 1.75 bits per heavy atom. The lowest BCUT2D eigenvalue weighted by Gasteiger charge is -2.17. The summed E-state index contributed by atoms with van der Waals surface area (Å²) in [5, 5.41) is 7.43. The average Bonchev–Trinajstić information content (AvgIpc) is 2.75. The van der Waals surface area contributed by atoms with Crippen molar-refractivity contribution < 1.29 is 28.6 Å². The van der Waals surface area contributed by atoms with Gasteiger partial charge in [0.1, 0.15) is 11.3 Å². The fourth-order valence-electron chi connectivity index (χ4n) is 2.81. The molecular weight excluding hydrogens is 458 g/mol. The maximum atomic E-state index is 12.3. The van der Waals surface area contributed by atoms with E-state index in [2.05, 4.69) is 16.0 Å². The van der Waals surface area contributed by atoms with E-state index in [9.17, 15) is 14.4 Å². The van der Waals surface area contributed by atoms with Crippen LogP contribution in [-0.4, -0.2) is 43.7 Å². The van der Waals surface area contributed by atoms with E-state index >= 15 is 0 Å². The van der Waals surface area contributed by atoms with Crippen LogP contribution in [0.5, 0.6) is 17.2 Å². The van der Waals surface area contributed by atoms with Crippen LogP contribution in [0.2, 0.25) is 5.02 Å². The highest BCUT2D eigenvalue weighted by Gasteiger charge is 2.26. The van der Waals surface area contributed by atoms with Crippen molar-refractivity contribution >= 4 is 58.4 Å². The van der Waals surface area contributed by atoms with Gasteiger partial charge in [-0.25, -0.2) is 0 Å². The maximum Gasteiger partial charge on any atom is 0.263 e. The molecule has 0 radical (unpaired) electrons. The fourth-order valence-corrected chi connectivity index (χ4v) is 3.27. The van der Waals surface area contributed by atoms with Gasteiger partial charge in [0.15, 0.2) is 23.2 Å². The third kappa shape index (κ3) is 5.34. The normalized spacial score (nSPS) is 13.1. The summed E-state index contributed by atoms with van der Waals surface area (Å²) in [5.74, 6) is -0.869. The number of carbonyl (C=O) groups is 3. The zero-order valence-electron chi connectivity index (χ0n) is 17.0. The van der Waals surface area contributed by atoms with Crippen LogP contribution in [0.3, 0.4) is 0 Å². The average molecular weight is 476 g/mol. The van der Waals surface area contributed by atoms with Gasteiger partial charge in [0.05, 0.1) is 24.9 Å². The van der Waals surface area contributed by atoms with Gasteiger partial charge in [-0.3, -0.25) is 25.0 Å². The summed E-state index contributed by atoms with van der Waals surface area (Å²) >= 11 is 11.1. The summed E-state index contributed by atoms with van der Waals surface area (Å²) in [7, 11) is 2.89. The molecule has 32 heavy (non-hydrogen) atoms. The molecule has 0 aliphatic carbocycles. The van der Waals surface area contributed by atoms with E-state index in [1.807, 2.05) is 0 Å². The highest BCUT2D eigenvalue weighted by Crippen LogP contribution is 2.37. The van der Waals surface area contributed by atoms with Gasteiger partial charge in [0.2, 0.25) is 0 Å². The number of benzene rings is 2. The number of ether oxygens (including phenoxy) is 3. The van der Waals surface area contributed by atoms with Crippen LogP contribution in [0.15, 0.2) is 42.0 Å². The molecule has 9 nitrogen and oxygen atoms in total. The second-order valence-corrected chi connectivity index (χ2v) is 7.18. The van der Waals surface area contributed by atoms with Gasteiger partial charge < -0.3 is 19.5 Å². The first-order valence-electron chi connectivity index (χ1n) is 9.14. The predicted molar refractivity (Wildman–Crippen MR) is 122 cm³/mol. The lowest BCUT2D eigenvalue weighted by molar-refractivity contribution is -0.123. The minimum absolute atomic E-state index is 0.0667. The molecular formula is C21H18ClN3O6S. The highest BCUT2D eigenvalue weighted by molar-refractivity contribution is 7.80. The fraction of sp³-hybridized carbons (Fsp3) is 0.143. The Kier molecular flexibility index (Phi) is 7.29. The molecule has 0 aromatic heterocycles. The lowest BCUT2D eigenvalue weighted by atomic mass is 10.1. The standard InChI is InChI=1S/C21H18ClN3O6S/c1-29-15-6-4-3-5-14(15)23-17(26)10-31-18-13(22)8-11(9-16(18)30-2)7-12-19(27)24-21(32)25-20(12)28/h3-9H,10H2,1-2H3,(H,23,26)(H2,24,25,27,28,32). The minimum Gasteiger partial charge on any atom is -0.495 e. The molecule has 2 aromatic rings. The van der Waals surface area contributed by atoms with E-state index in [4.69, 9.17) is 38.0 Å². The molecule has 3 N–H and O–H groups in total. The minimum atomic E-state index is -0.637. The van der Waals surface area contributed by atoms with Crippen molar-refractivity contribution in [3.05, 3.63) is 52.6 Å². The number of rotatable bonds is 7. The molecule has 1 fully saturated rings. The zero-order chi connectivity index (χ0) is 23.3. The number of amides is 3. The van der Waals surface area contributed by atoms with Crippen molar-refractivity contribution in [3.63, 3.8) is 0 Å². The van der Waals surface area contributed by atoms with Crippen LogP contribution in [0.1, 0.15) is 5.56 Å². The van der Waals surface area contributed by atoms with E-state index in [1.165, 1.54) is 32.4 Å². The van der Waals surface area contributed by atoms with Gasteiger partial charge in [-0.2, -0.15) is 0 Å². The Labute approximate surface area is 193 Å². The Balaban J connectivity index is 1.76. The third-order valence-electron chi connectivity index (χ3n) is 4.23. The van der Waals surface area contributed by atoms with E-state index in [1.54, 1.807) is 24.3 Å². The number of anilines is 1. The number of carbonyl (C=O) groups excluding carboxylic acids is 3. The summed E-state index contributed by atoms with van der Waals surface area (Å²) in [6, 6.07) is 9.92. The summed E-state index contributed by atoms with van der Waals surface area (Å²) in [5.41, 5.74) is 0.750. The number of nitrogens with one attached hydrogen (secondary N) is 3. The third-order valence-corrected chi connectivity index (χ3v) is 4.72. The number of hydrogen-bond acceptors (Lipinski definition) is 7. The molecule has 166 valence electrons. The van der Waals surface area contributed by atoms with Crippen molar-refractivity contribution in [1.82, 2.24) is 10.6 Å². The van der Waals surface area contributed by atoms with Crippen molar-refractivity contribution in [2.75, 3.05) is 26.1 Å². The Morgan fingerprint density at radius 3 is 2.41 bits per heavy atom. The number of hydrogen-bond donors (Lipinski definition) is 3. The van der Waals surface area contributed by atoms with E-state index < -0.39 is 17.7 Å². The van der Waals surface area contributed by atoms with Crippen LogP contribution in [0.25, 0.3) is 6.08 Å². The van der Waals surface area contributed by atoms with E-state index in [0.29, 0.717) is 17.0 Å². The Hall–Kier alpha value is -3.63. The van der Waals surface area contributed by atoms with E-state index in [0.717, 1.165) is 0 Å². The first kappa shape index (κ1) is 23.0. The molecule has 0 atom stereocenters. The number of thiocarbonyl (C=S) groups is 1. The summed E-state index contributed by atoms with van der Waals surface area (Å²) in [6.45, 7) is -0.350. The van der Waals surface area contributed by atoms with Crippen molar-refractivity contribution in [2.45, 2.75) is 0 Å². The molecule has 0 saturated carbocycles. The van der Waals surface area contributed by atoms with Gasteiger partial charge in [0, 0.05) is 0 Å². The Bertz CT molecular complexity index is 1110. The van der Waals surface area contributed by atoms with Crippen LogP contribution in [0.4, 0.5) is 5.69 Å². The molecule has 1 saturated heterocycles. The van der Waals surface area contributed by atoms with Gasteiger partial charge in [-0.05, 0) is 48.1 Å². The van der Waals surface area contributed by atoms with Crippen LogP contribution < -0.4 is 30.2 Å². The topological polar surface area (TPSA) is 115 Å². The molecule has 0 bridgehead atoms. The molecule has 0 spiro atoms. The quantitative estimate of drug-likeness (QED) is 0.320. The highest BCUT2D eigenvalue weighted by atomic mass is 35.5. The number of halogens is 1.